The third-order valence-electron chi connectivity index (χ3n) is 6.21. The maximum atomic E-state index is 12.9. The van der Waals surface area contributed by atoms with Gasteiger partial charge in [0.1, 0.15) is 11.5 Å². The second-order valence-corrected chi connectivity index (χ2v) is 11.8. The fourth-order valence-electron chi connectivity index (χ4n) is 4.20. The lowest BCUT2D eigenvalue weighted by molar-refractivity contribution is 0.115. The average molecular weight is 595 g/mol. The highest BCUT2D eigenvalue weighted by Gasteiger charge is 2.37. The summed E-state index contributed by atoms with van der Waals surface area (Å²) in [6.07, 6.45) is 1.49. The quantitative estimate of drug-likeness (QED) is 0.0840. The molecule has 0 heterocycles. The van der Waals surface area contributed by atoms with Gasteiger partial charge in [-0.2, -0.15) is 10.5 Å². The molecule has 41 heavy (non-hydrogen) atoms. The summed E-state index contributed by atoms with van der Waals surface area (Å²) < 4.78 is 39.2. The highest BCUT2D eigenvalue weighted by atomic mass is 32.2. The molecule has 0 unspecified atom stereocenters. The molecular weight excluding hydrogens is 559 g/mol. The lowest BCUT2D eigenvalue weighted by atomic mass is 9.84. The van der Waals surface area contributed by atoms with Crippen LogP contribution in [0, 0.1) is 22.7 Å². The second-order valence-electron chi connectivity index (χ2n) is 8.82. The van der Waals surface area contributed by atoms with Crippen molar-refractivity contribution in [2.45, 2.75) is 30.4 Å². The number of benzene rings is 3. The molecule has 3 aromatic rings. The molecule has 0 amide bonds. The first-order valence-corrected chi connectivity index (χ1v) is 15.7. The number of rotatable bonds is 18. The van der Waals surface area contributed by atoms with E-state index in [1.54, 1.807) is 26.0 Å². The summed E-state index contributed by atoms with van der Waals surface area (Å²) in [5, 5.41) is 17.5. The molecule has 3 aromatic carbocycles. The van der Waals surface area contributed by atoms with Crippen LogP contribution in [0.5, 0.6) is 11.5 Å². The first-order valence-electron chi connectivity index (χ1n) is 13.3. The van der Waals surface area contributed by atoms with Crippen molar-refractivity contribution < 1.29 is 27.6 Å². The zero-order chi connectivity index (χ0) is 29.4. The summed E-state index contributed by atoms with van der Waals surface area (Å²) in [6, 6.07) is 30.5. The minimum absolute atomic E-state index is 0.0594. The number of phosphoric ester groups is 1. The van der Waals surface area contributed by atoms with Gasteiger partial charge in [0.05, 0.1) is 63.8 Å². The summed E-state index contributed by atoms with van der Waals surface area (Å²) in [5.74, 6) is 2.34. The smallest absolute Gasteiger partial charge is 0.474 e. The van der Waals surface area contributed by atoms with Gasteiger partial charge in [0.25, 0.3) is 0 Å². The monoisotopic (exact) mass is 594 g/mol. The number of nitriles is 2. The molecular formula is C31H35N2O6PS. The van der Waals surface area contributed by atoms with Gasteiger partial charge in [-0.15, -0.1) is 11.8 Å². The largest absolute Gasteiger partial charge is 0.497 e. The predicted molar refractivity (Wildman–Crippen MR) is 160 cm³/mol. The van der Waals surface area contributed by atoms with E-state index in [1.165, 1.54) is 0 Å². The van der Waals surface area contributed by atoms with E-state index in [0.29, 0.717) is 6.42 Å². The molecule has 3 rings (SSSR count). The van der Waals surface area contributed by atoms with E-state index in [-0.39, 0.29) is 32.7 Å². The highest BCUT2D eigenvalue weighted by Crippen LogP contribution is 2.51. The van der Waals surface area contributed by atoms with Crippen molar-refractivity contribution >= 4 is 19.6 Å². The molecule has 0 aliphatic carbocycles. The standard InChI is InChI=1S/C31H35N2O6PS/c1-35-29-16-12-27(13-17-29)31(26-10-4-3-5-11-26,28-14-18-30(36-2)19-15-28)41-25-7-6-22-37-40(34,38-23-8-20-32)39-24-9-21-33/h3-5,10-19H,6-9,22-25H2,1-2H3. The first kappa shape index (κ1) is 32.2. The van der Waals surface area contributed by atoms with Crippen molar-refractivity contribution in [3.05, 3.63) is 95.6 Å². The average Bonchev–Trinajstić information content (AvgIpc) is 3.02. The van der Waals surface area contributed by atoms with Crippen LogP contribution in [0.4, 0.5) is 0 Å². The molecule has 0 radical (unpaired) electrons. The molecule has 0 N–H and O–H groups in total. The molecule has 0 spiro atoms. The SMILES string of the molecule is COc1ccc(C(SCCCCOP(=O)(OCCC#N)OCCC#N)(c2ccccc2)c2ccc(OC)cc2)cc1. The van der Waals surface area contributed by atoms with Gasteiger partial charge in [0.15, 0.2) is 0 Å². The van der Waals surface area contributed by atoms with Crippen molar-refractivity contribution in [2.24, 2.45) is 0 Å². The molecule has 0 aliphatic rings. The van der Waals surface area contributed by atoms with Crippen LogP contribution in [0.2, 0.25) is 0 Å². The van der Waals surface area contributed by atoms with Crippen LogP contribution in [0.15, 0.2) is 78.9 Å². The van der Waals surface area contributed by atoms with E-state index in [4.69, 9.17) is 33.6 Å². The Morgan fingerprint density at radius 1 is 0.683 bits per heavy atom. The van der Waals surface area contributed by atoms with Gasteiger partial charge >= 0.3 is 7.82 Å². The van der Waals surface area contributed by atoms with Gasteiger partial charge in [-0.1, -0.05) is 54.6 Å². The topological polar surface area (TPSA) is 111 Å². The van der Waals surface area contributed by atoms with Crippen molar-refractivity contribution in [1.29, 1.82) is 10.5 Å². The van der Waals surface area contributed by atoms with Gasteiger partial charge in [-0.25, -0.2) is 4.57 Å². The second kappa shape index (κ2) is 16.8. The predicted octanol–water partition coefficient (Wildman–Crippen LogP) is 7.49. The van der Waals surface area contributed by atoms with Crippen LogP contribution in [-0.2, 0) is 22.9 Å². The Kier molecular flexibility index (Phi) is 13.2. The Morgan fingerprint density at radius 2 is 1.15 bits per heavy atom. The Hall–Kier alpha value is -3.30. The molecule has 0 aliphatic heterocycles. The molecule has 0 aromatic heterocycles. The van der Waals surface area contributed by atoms with Crippen molar-refractivity contribution in [1.82, 2.24) is 0 Å². The lowest BCUT2D eigenvalue weighted by Gasteiger charge is -2.35. The minimum atomic E-state index is -3.85. The number of unbranched alkanes of at least 4 members (excludes halogenated alkanes) is 1. The van der Waals surface area contributed by atoms with Gasteiger partial charge in [-0.3, -0.25) is 13.6 Å². The summed E-state index contributed by atoms with van der Waals surface area (Å²) in [4.78, 5) is 0. The highest BCUT2D eigenvalue weighted by molar-refractivity contribution is 8.00. The van der Waals surface area contributed by atoms with Crippen LogP contribution >= 0.6 is 19.6 Å². The maximum absolute atomic E-state index is 12.9. The third-order valence-corrected chi connectivity index (χ3v) is 9.34. The van der Waals surface area contributed by atoms with E-state index in [9.17, 15) is 4.57 Å². The summed E-state index contributed by atoms with van der Waals surface area (Å²) >= 11 is 1.81. The molecule has 10 heteroatoms. The number of thioether (sulfide) groups is 1. The van der Waals surface area contributed by atoms with Crippen molar-refractivity contribution in [3.8, 4) is 23.6 Å². The van der Waals surface area contributed by atoms with Gasteiger partial charge < -0.3 is 9.47 Å². The Morgan fingerprint density at radius 3 is 1.61 bits per heavy atom. The normalized spacial score (nSPS) is 11.4. The Labute approximate surface area is 246 Å². The van der Waals surface area contributed by atoms with Crippen LogP contribution in [0.3, 0.4) is 0 Å². The van der Waals surface area contributed by atoms with Gasteiger partial charge in [0.2, 0.25) is 0 Å². The molecule has 0 atom stereocenters. The fraction of sp³-hybridized carbons (Fsp3) is 0.355. The molecule has 0 saturated carbocycles. The van der Waals surface area contributed by atoms with Crippen molar-refractivity contribution in [3.63, 3.8) is 0 Å². The number of nitrogens with zero attached hydrogens (tertiary/aromatic N) is 2. The van der Waals surface area contributed by atoms with Gasteiger partial charge in [-0.05, 0) is 59.6 Å². The molecule has 216 valence electrons. The van der Waals surface area contributed by atoms with Gasteiger partial charge in [0, 0.05) is 0 Å². The third kappa shape index (κ3) is 9.10. The lowest BCUT2D eigenvalue weighted by Crippen LogP contribution is -2.26. The van der Waals surface area contributed by atoms with Crippen LogP contribution in [0.1, 0.15) is 42.4 Å². The zero-order valence-electron chi connectivity index (χ0n) is 23.4. The fourth-order valence-corrected chi connectivity index (χ4v) is 6.97. The zero-order valence-corrected chi connectivity index (χ0v) is 25.1. The molecule has 8 nitrogen and oxygen atoms in total. The molecule has 0 bridgehead atoms. The molecule has 0 saturated heterocycles. The van der Waals surface area contributed by atoms with Crippen molar-refractivity contribution in [2.75, 3.05) is 39.8 Å². The number of ether oxygens (including phenoxy) is 2. The summed E-state index contributed by atoms with van der Waals surface area (Å²) in [6.45, 7) is 0.0132. The first-order chi connectivity index (χ1) is 20.0. The van der Waals surface area contributed by atoms with E-state index >= 15 is 0 Å². The van der Waals surface area contributed by atoms with E-state index in [2.05, 4.69) is 36.4 Å². The van der Waals surface area contributed by atoms with E-state index < -0.39 is 12.6 Å². The van der Waals surface area contributed by atoms with Crippen LogP contribution in [0.25, 0.3) is 0 Å². The van der Waals surface area contributed by atoms with Crippen LogP contribution < -0.4 is 9.47 Å². The van der Waals surface area contributed by atoms with E-state index in [0.717, 1.165) is 40.4 Å². The number of hydrogen-bond acceptors (Lipinski definition) is 9. The Bertz CT molecular complexity index is 1250. The van der Waals surface area contributed by atoms with Crippen LogP contribution in [-0.4, -0.2) is 39.8 Å². The molecule has 0 fully saturated rings. The maximum Gasteiger partial charge on any atom is 0.474 e. The number of methoxy groups -OCH3 is 2. The Balaban J connectivity index is 1.79. The summed E-state index contributed by atoms with van der Waals surface area (Å²) in [7, 11) is -0.543. The summed E-state index contributed by atoms with van der Waals surface area (Å²) in [5.41, 5.74) is 3.35. The number of hydrogen-bond donors (Lipinski definition) is 0. The minimum Gasteiger partial charge on any atom is -0.497 e. The van der Waals surface area contributed by atoms with E-state index in [1.807, 2.05) is 54.6 Å². The number of phosphoric acid groups is 1.